The minimum atomic E-state index is -0.346. The Hall–Kier alpha value is -2.34. The van der Waals surface area contributed by atoms with Gasteiger partial charge in [0.1, 0.15) is 11.5 Å². The molecule has 0 aromatic heterocycles. The Morgan fingerprint density at radius 1 is 1.30 bits per heavy atom. The van der Waals surface area contributed by atoms with Crippen LogP contribution in [0.15, 0.2) is 46.0 Å². The number of carbonyl (C=O) groups excluding carboxylic acids is 1. The van der Waals surface area contributed by atoms with Crippen molar-refractivity contribution in [2.45, 2.75) is 13.8 Å². The summed E-state index contributed by atoms with van der Waals surface area (Å²) in [5.74, 6) is 0.518. The molecule has 0 unspecified atom stereocenters. The van der Waals surface area contributed by atoms with E-state index in [4.69, 9.17) is 4.74 Å². The Kier molecular flexibility index (Phi) is 5.76. The highest BCUT2D eigenvalue weighted by Crippen LogP contribution is 2.23. The van der Waals surface area contributed by atoms with Gasteiger partial charge in [0.15, 0.2) is 6.61 Å². The molecule has 0 fully saturated rings. The van der Waals surface area contributed by atoms with E-state index in [0.29, 0.717) is 10.2 Å². The number of halogens is 1. The maximum absolute atomic E-state index is 11.8. The van der Waals surface area contributed by atoms with Gasteiger partial charge in [-0.25, -0.2) is 5.43 Å². The Morgan fingerprint density at radius 3 is 2.65 bits per heavy atom. The van der Waals surface area contributed by atoms with Gasteiger partial charge in [0.05, 0.1) is 10.7 Å². The molecule has 2 aromatic carbocycles. The molecule has 0 radical (unpaired) electrons. The van der Waals surface area contributed by atoms with E-state index in [-0.39, 0.29) is 18.3 Å². The quantitative estimate of drug-likeness (QED) is 0.621. The topological polar surface area (TPSA) is 70.9 Å². The molecule has 120 valence electrons. The summed E-state index contributed by atoms with van der Waals surface area (Å²) in [6.45, 7) is 3.75. The number of nitrogens with zero attached hydrogens (tertiary/aromatic N) is 1. The third-order valence-electron chi connectivity index (χ3n) is 3.13. The summed E-state index contributed by atoms with van der Waals surface area (Å²) in [5.41, 5.74) is 5.11. The maximum Gasteiger partial charge on any atom is 0.277 e. The van der Waals surface area contributed by atoms with Crippen LogP contribution in [0.3, 0.4) is 0 Å². The molecule has 0 atom stereocenters. The van der Waals surface area contributed by atoms with Crippen molar-refractivity contribution in [1.82, 2.24) is 5.43 Å². The van der Waals surface area contributed by atoms with Gasteiger partial charge in [-0.2, -0.15) is 5.10 Å². The molecule has 0 saturated carbocycles. The Bertz CT molecular complexity index is 724. The lowest BCUT2D eigenvalue weighted by atomic mass is 10.1. The number of para-hydroxylation sites is 1. The van der Waals surface area contributed by atoms with Crippen molar-refractivity contribution >= 4 is 28.1 Å². The van der Waals surface area contributed by atoms with E-state index in [1.807, 2.05) is 32.0 Å². The van der Waals surface area contributed by atoms with E-state index in [9.17, 15) is 9.90 Å². The first-order valence-corrected chi connectivity index (χ1v) is 7.76. The van der Waals surface area contributed by atoms with Crippen LogP contribution in [-0.4, -0.2) is 23.8 Å². The van der Waals surface area contributed by atoms with E-state index in [1.54, 1.807) is 12.1 Å². The lowest BCUT2D eigenvalue weighted by Gasteiger charge is -2.10. The third-order valence-corrected chi connectivity index (χ3v) is 3.77. The molecule has 0 aliphatic heterocycles. The fraction of sp³-hybridized carbons (Fsp3) is 0.176. The molecule has 0 aliphatic carbocycles. The molecular formula is C17H17BrN2O3. The van der Waals surface area contributed by atoms with Gasteiger partial charge in [-0.1, -0.05) is 18.2 Å². The summed E-state index contributed by atoms with van der Waals surface area (Å²) in [4.78, 5) is 11.8. The van der Waals surface area contributed by atoms with Crippen LogP contribution in [0.1, 0.15) is 16.7 Å². The number of ether oxygens (including phenoxy) is 1. The van der Waals surface area contributed by atoms with Crippen molar-refractivity contribution in [3.8, 4) is 11.5 Å². The largest absolute Gasteiger partial charge is 0.507 e. The number of phenols is 1. The molecule has 5 nitrogen and oxygen atoms in total. The number of aryl methyl sites for hydroxylation is 2. The van der Waals surface area contributed by atoms with Crippen LogP contribution in [0.5, 0.6) is 11.5 Å². The van der Waals surface area contributed by atoms with Gasteiger partial charge in [-0.15, -0.1) is 0 Å². The van der Waals surface area contributed by atoms with E-state index >= 15 is 0 Å². The molecule has 2 N–H and O–H groups in total. The van der Waals surface area contributed by atoms with Gasteiger partial charge >= 0.3 is 0 Å². The van der Waals surface area contributed by atoms with E-state index < -0.39 is 0 Å². The second-order valence-electron chi connectivity index (χ2n) is 5.01. The predicted octanol–water partition coefficient (Wildman–Crippen LogP) is 3.30. The van der Waals surface area contributed by atoms with Crippen LogP contribution in [0.25, 0.3) is 0 Å². The van der Waals surface area contributed by atoms with Crippen LogP contribution in [0.4, 0.5) is 0 Å². The number of hydrogen-bond donors (Lipinski definition) is 2. The highest BCUT2D eigenvalue weighted by atomic mass is 79.9. The molecule has 0 heterocycles. The maximum atomic E-state index is 11.8. The van der Waals surface area contributed by atoms with Crippen molar-refractivity contribution < 1.29 is 14.6 Å². The average Bonchev–Trinajstić information content (AvgIpc) is 2.50. The van der Waals surface area contributed by atoms with Crippen molar-refractivity contribution in [2.24, 2.45) is 5.10 Å². The molecule has 0 bridgehead atoms. The van der Waals surface area contributed by atoms with Gasteiger partial charge in [-0.05, 0) is 64.7 Å². The highest BCUT2D eigenvalue weighted by Gasteiger charge is 2.06. The number of hydrazone groups is 1. The normalized spacial score (nSPS) is 10.7. The molecule has 1 amide bonds. The number of amides is 1. The number of carbonyl (C=O) groups is 1. The van der Waals surface area contributed by atoms with Crippen molar-refractivity contribution in [2.75, 3.05) is 6.61 Å². The molecule has 2 aromatic rings. The van der Waals surface area contributed by atoms with Gasteiger partial charge in [0, 0.05) is 0 Å². The summed E-state index contributed by atoms with van der Waals surface area (Å²) in [7, 11) is 0. The Morgan fingerprint density at radius 2 is 2.00 bits per heavy atom. The number of aromatic hydroxyl groups is 1. The van der Waals surface area contributed by atoms with Crippen LogP contribution < -0.4 is 10.2 Å². The van der Waals surface area contributed by atoms with E-state index in [2.05, 4.69) is 26.5 Å². The number of hydrogen-bond acceptors (Lipinski definition) is 4. The van der Waals surface area contributed by atoms with Crippen LogP contribution in [0, 0.1) is 13.8 Å². The zero-order valence-electron chi connectivity index (χ0n) is 12.8. The lowest BCUT2D eigenvalue weighted by Crippen LogP contribution is -2.25. The fourth-order valence-corrected chi connectivity index (χ4v) is 2.38. The first-order chi connectivity index (χ1) is 11.0. The predicted molar refractivity (Wildman–Crippen MR) is 93.0 cm³/mol. The van der Waals surface area contributed by atoms with E-state index in [1.165, 1.54) is 12.3 Å². The standard InChI is InChI=1S/C17H17BrN2O3/c1-11-4-3-5-12(2)17(11)23-10-16(22)20-19-9-13-6-7-15(21)14(18)8-13/h3-9,21H,10H2,1-2H3,(H,20,22). The summed E-state index contributed by atoms with van der Waals surface area (Å²) < 4.78 is 6.10. The summed E-state index contributed by atoms with van der Waals surface area (Å²) >= 11 is 3.21. The van der Waals surface area contributed by atoms with Gasteiger partial charge in [-0.3, -0.25) is 4.79 Å². The fourth-order valence-electron chi connectivity index (χ4n) is 1.98. The zero-order valence-corrected chi connectivity index (χ0v) is 14.4. The lowest BCUT2D eigenvalue weighted by molar-refractivity contribution is -0.123. The molecule has 0 aliphatic rings. The van der Waals surface area contributed by atoms with E-state index in [0.717, 1.165) is 16.7 Å². The number of phenolic OH excluding ortho intramolecular Hbond substituents is 1. The van der Waals surface area contributed by atoms with Crippen LogP contribution in [-0.2, 0) is 4.79 Å². The van der Waals surface area contributed by atoms with Gasteiger partial charge < -0.3 is 9.84 Å². The summed E-state index contributed by atoms with van der Waals surface area (Å²) in [5, 5.41) is 13.3. The monoisotopic (exact) mass is 376 g/mol. The second kappa shape index (κ2) is 7.78. The number of rotatable bonds is 5. The summed E-state index contributed by atoms with van der Waals surface area (Å²) in [6, 6.07) is 10.7. The van der Waals surface area contributed by atoms with Crippen LogP contribution >= 0.6 is 15.9 Å². The summed E-state index contributed by atoms with van der Waals surface area (Å²) in [6.07, 6.45) is 1.49. The molecule has 23 heavy (non-hydrogen) atoms. The van der Waals surface area contributed by atoms with Crippen LogP contribution in [0.2, 0.25) is 0 Å². The minimum absolute atomic E-state index is 0.109. The highest BCUT2D eigenvalue weighted by molar-refractivity contribution is 9.10. The third kappa shape index (κ3) is 4.82. The van der Waals surface area contributed by atoms with Gasteiger partial charge in [0.25, 0.3) is 5.91 Å². The van der Waals surface area contributed by atoms with Crippen molar-refractivity contribution in [3.63, 3.8) is 0 Å². The molecule has 6 heteroatoms. The smallest absolute Gasteiger partial charge is 0.277 e. The Labute approximate surface area is 143 Å². The second-order valence-corrected chi connectivity index (χ2v) is 5.87. The SMILES string of the molecule is Cc1cccc(C)c1OCC(=O)NN=Cc1ccc(O)c(Br)c1. The zero-order chi connectivity index (χ0) is 16.8. The first-order valence-electron chi connectivity index (χ1n) is 6.97. The van der Waals surface area contributed by atoms with Gasteiger partial charge in [0.2, 0.25) is 0 Å². The molecule has 0 spiro atoms. The Balaban J connectivity index is 1.87. The molecule has 2 rings (SSSR count). The molecular weight excluding hydrogens is 360 g/mol. The number of nitrogens with one attached hydrogen (secondary N) is 1. The van der Waals surface area contributed by atoms with Crippen molar-refractivity contribution in [1.29, 1.82) is 0 Å². The van der Waals surface area contributed by atoms with Crippen molar-refractivity contribution in [3.05, 3.63) is 57.6 Å². The number of benzene rings is 2. The average molecular weight is 377 g/mol. The molecule has 0 saturated heterocycles. The minimum Gasteiger partial charge on any atom is -0.507 e. The first kappa shape index (κ1) is 17.0.